The third-order valence-corrected chi connectivity index (χ3v) is 2.99. The van der Waals surface area contributed by atoms with Gasteiger partial charge in [0.1, 0.15) is 5.69 Å². The number of nitrogens with one attached hydrogen (secondary N) is 1. The zero-order chi connectivity index (χ0) is 15.4. The van der Waals surface area contributed by atoms with Gasteiger partial charge in [-0.05, 0) is 25.1 Å². The SMILES string of the molecule is C/C(=N\NC(=O)c1cccn1C)c1ccccc1[N+](=O)[O-]. The van der Waals surface area contributed by atoms with Crippen molar-refractivity contribution in [3.8, 4) is 0 Å². The monoisotopic (exact) mass is 286 g/mol. The molecule has 2 rings (SSSR count). The number of rotatable bonds is 4. The highest BCUT2D eigenvalue weighted by molar-refractivity contribution is 6.03. The first-order valence-electron chi connectivity index (χ1n) is 6.20. The van der Waals surface area contributed by atoms with Crippen molar-refractivity contribution in [1.82, 2.24) is 9.99 Å². The van der Waals surface area contributed by atoms with E-state index < -0.39 is 4.92 Å². The van der Waals surface area contributed by atoms with Gasteiger partial charge in [-0.1, -0.05) is 12.1 Å². The number of carbonyl (C=O) groups excluding carboxylic acids is 1. The number of hydrogen-bond acceptors (Lipinski definition) is 4. The van der Waals surface area contributed by atoms with Crippen LogP contribution in [-0.2, 0) is 7.05 Å². The van der Waals surface area contributed by atoms with Gasteiger partial charge in [0.15, 0.2) is 0 Å². The van der Waals surface area contributed by atoms with E-state index in [1.807, 2.05) is 0 Å². The predicted octanol–water partition coefficient (Wildman–Crippen LogP) is 2.09. The minimum Gasteiger partial charge on any atom is -0.347 e. The molecule has 0 aliphatic carbocycles. The van der Waals surface area contributed by atoms with Crippen LogP contribution in [0.3, 0.4) is 0 Å². The highest BCUT2D eigenvalue weighted by atomic mass is 16.6. The van der Waals surface area contributed by atoms with Crippen molar-refractivity contribution in [3.05, 3.63) is 64.0 Å². The highest BCUT2D eigenvalue weighted by Crippen LogP contribution is 2.18. The smallest absolute Gasteiger partial charge is 0.287 e. The maximum Gasteiger partial charge on any atom is 0.287 e. The second-order valence-corrected chi connectivity index (χ2v) is 4.42. The third-order valence-electron chi connectivity index (χ3n) is 2.99. The summed E-state index contributed by atoms with van der Waals surface area (Å²) in [7, 11) is 1.74. The average Bonchev–Trinajstić information content (AvgIpc) is 2.90. The first-order valence-corrected chi connectivity index (χ1v) is 6.20. The molecule has 0 atom stereocenters. The summed E-state index contributed by atoms with van der Waals surface area (Å²) in [6, 6.07) is 9.65. The van der Waals surface area contributed by atoms with Gasteiger partial charge in [0, 0.05) is 19.3 Å². The molecule has 0 fully saturated rings. The number of nitrogens with zero attached hydrogens (tertiary/aromatic N) is 3. The summed E-state index contributed by atoms with van der Waals surface area (Å²) < 4.78 is 1.66. The molecule has 7 nitrogen and oxygen atoms in total. The van der Waals surface area contributed by atoms with Gasteiger partial charge in [0.05, 0.1) is 16.2 Å². The molecule has 1 N–H and O–H groups in total. The van der Waals surface area contributed by atoms with Crippen LogP contribution in [0.5, 0.6) is 0 Å². The Bertz CT molecular complexity index is 719. The molecule has 0 spiro atoms. The Labute approximate surface area is 121 Å². The minimum absolute atomic E-state index is 0.0492. The lowest BCUT2D eigenvalue weighted by Crippen LogP contribution is -2.21. The van der Waals surface area contributed by atoms with Gasteiger partial charge in [-0.25, -0.2) is 5.43 Å². The van der Waals surface area contributed by atoms with Crippen molar-refractivity contribution in [2.24, 2.45) is 12.1 Å². The summed E-state index contributed by atoms with van der Waals surface area (Å²) >= 11 is 0. The van der Waals surface area contributed by atoms with Crippen molar-refractivity contribution in [2.75, 3.05) is 0 Å². The van der Waals surface area contributed by atoms with E-state index in [1.54, 1.807) is 55.1 Å². The number of nitro groups is 1. The third kappa shape index (κ3) is 3.14. The van der Waals surface area contributed by atoms with E-state index in [4.69, 9.17) is 0 Å². The number of nitro benzene ring substituents is 1. The molecular weight excluding hydrogens is 272 g/mol. The number of benzene rings is 1. The molecule has 0 saturated heterocycles. The fourth-order valence-electron chi connectivity index (χ4n) is 1.89. The molecule has 0 aliphatic rings. The summed E-state index contributed by atoms with van der Waals surface area (Å²) in [4.78, 5) is 22.4. The van der Waals surface area contributed by atoms with Crippen LogP contribution in [0.15, 0.2) is 47.7 Å². The molecule has 0 saturated carbocycles. The van der Waals surface area contributed by atoms with E-state index in [0.717, 1.165) is 0 Å². The molecule has 1 heterocycles. The molecule has 2 aromatic rings. The molecule has 1 aromatic heterocycles. The van der Waals surface area contributed by atoms with Crippen LogP contribution in [0.1, 0.15) is 23.0 Å². The molecular formula is C14H14N4O3. The quantitative estimate of drug-likeness (QED) is 0.530. The number of hydrogen-bond donors (Lipinski definition) is 1. The number of aromatic nitrogens is 1. The minimum atomic E-state index is -0.479. The topological polar surface area (TPSA) is 89.5 Å². The van der Waals surface area contributed by atoms with Crippen LogP contribution in [0.25, 0.3) is 0 Å². The first kappa shape index (κ1) is 14.4. The zero-order valence-corrected chi connectivity index (χ0v) is 11.6. The summed E-state index contributed by atoms with van der Waals surface area (Å²) in [5, 5.41) is 14.9. The first-order chi connectivity index (χ1) is 10.0. The van der Waals surface area contributed by atoms with Crippen molar-refractivity contribution >= 4 is 17.3 Å². The standard InChI is InChI=1S/C14H14N4O3/c1-10(11-6-3-4-7-12(11)18(20)21)15-16-14(19)13-8-5-9-17(13)2/h3-9H,1-2H3,(H,16,19)/b15-10+. The van der Waals surface area contributed by atoms with Gasteiger partial charge in [-0.3, -0.25) is 14.9 Å². The molecule has 0 aliphatic heterocycles. The van der Waals surface area contributed by atoms with E-state index in [0.29, 0.717) is 17.0 Å². The summed E-state index contributed by atoms with van der Waals surface area (Å²) in [6.07, 6.45) is 1.74. The summed E-state index contributed by atoms with van der Waals surface area (Å²) in [5.41, 5.74) is 3.54. The molecule has 1 amide bonds. The number of hydrazone groups is 1. The fourth-order valence-corrected chi connectivity index (χ4v) is 1.89. The largest absolute Gasteiger partial charge is 0.347 e. The van der Waals surface area contributed by atoms with Crippen LogP contribution >= 0.6 is 0 Å². The lowest BCUT2D eigenvalue weighted by molar-refractivity contribution is -0.385. The maximum absolute atomic E-state index is 11.9. The van der Waals surface area contributed by atoms with Gasteiger partial charge < -0.3 is 4.57 Å². The van der Waals surface area contributed by atoms with Crippen molar-refractivity contribution in [1.29, 1.82) is 0 Å². The predicted molar refractivity (Wildman–Crippen MR) is 78.2 cm³/mol. The second-order valence-electron chi connectivity index (χ2n) is 4.42. The normalized spacial score (nSPS) is 11.2. The van der Waals surface area contributed by atoms with Crippen molar-refractivity contribution in [3.63, 3.8) is 0 Å². The molecule has 0 unspecified atom stereocenters. The molecule has 0 radical (unpaired) electrons. The molecule has 1 aromatic carbocycles. The zero-order valence-electron chi connectivity index (χ0n) is 11.6. The van der Waals surface area contributed by atoms with Gasteiger partial charge in [-0.15, -0.1) is 0 Å². The van der Waals surface area contributed by atoms with E-state index in [1.165, 1.54) is 6.07 Å². The van der Waals surface area contributed by atoms with E-state index >= 15 is 0 Å². The van der Waals surface area contributed by atoms with E-state index in [-0.39, 0.29) is 11.6 Å². The molecule has 0 bridgehead atoms. The Balaban J connectivity index is 2.21. The van der Waals surface area contributed by atoms with E-state index in [9.17, 15) is 14.9 Å². The number of aryl methyl sites for hydroxylation is 1. The number of amides is 1. The Morgan fingerprint density at radius 1 is 1.29 bits per heavy atom. The molecule has 21 heavy (non-hydrogen) atoms. The number of para-hydroxylation sites is 1. The van der Waals surface area contributed by atoms with Gasteiger partial charge in [-0.2, -0.15) is 5.10 Å². The summed E-state index contributed by atoms with van der Waals surface area (Å²) in [6.45, 7) is 1.60. The fraction of sp³-hybridized carbons (Fsp3) is 0.143. The average molecular weight is 286 g/mol. The Hall–Kier alpha value is -2.96. The maximum atomic E-state index is 11.9. The lowest BCUT2D eigenvalue weighted by atomic mass is 10.1. The van der Waals surface area contributed by atoms with Crippen LogP contribution in [0, 0.1) is 10.1 Å². The van der Waals surface area contributed by atoms with Crippen molar-refractivity contribution < 1.29 is 9.72 Å². The Morgan fingerprint density at radius 3 is 2.62 bits per heavy atom. The highest BCUT2D eigenvalue weighted by Gasteiger charge is 2.15. The number of carbonyl (C=O) groups is 1. The van der Waals surface area contributed by atoms with Gasteiger partial charge in [0.25, 0.3) is 11.6 Å². The Kier molecular flexibility index (Phi) is 4.13. The van der Waals surface area contributed by atoms with Crippen molar-refractivity contribution in [2.45, 2.75) is 6.92 Å². The summed E-state index contributed by atoms with van der Waals surface area (Å²) in [5.74, 6) is -0.375. The van der Waals surface area contributed by atoms with Crippen LogP contribution < -0.4 is 5.43 Å². The Morgan fingerprint density at radius 2 is 2.00 bits per heavy atom. The van der Waals surface area contributed by atoms with Gasteiger partial charge >= 0.3 is 0 Å². The van der Waals surface area contributed by atoms with Crippen LogP contribution in [0.2, 0.25) is 0 Å². The van der Waals surface area contributed by atoms with Crippen LogP contribution in [-0.4, -0.2) is 21.1 Å². The van der Waals surface area contributed by atoms with Crippen LogP contribution in [0.4, 0.5) is 5.69 Å². The molecule has 108 valence electrons. The molecule has 7 heteroatoms. The van der Waals surface area contributed by atoms with E-state index in [2.05, 4.69) is 10.5 Å². The lowest BCUT2D eigenvalue weighted by Gasteiger charge is -2.04. The second kappa shape index (κ2) is 6.00. The van der Waals surface area contributed by atoms with Gasteiger partial charge in [0.2, 0.25) is 0 Å².